The van der Waals surface area contributed by atoms with E-state index in [9.17, 15) is 0 Å². The zero-order chi connectivity index (χ0) is 15.2. The highest BCUT2D eigenvalue weighted by Crippen LogP contribution is 2.34. The van der Waals surface area contributed by atoms with E-state index in [1.807, 2.05) is 10.7 Å². The van der Waals surface area contributed by atoms with Gasteiger partial charge in [0.2, 0.25) is 0 Å². The summed E-state index contributed by atoms with van der Waals surface area (Å²) in [6.45, 7) is 8.94. The van der Waals surface area contributed by atoms with Crippen LogP contribution in [0.25, 0.3) is 5.82 Å². The lowest BCUT2D eigenvalue weighted by Crippen LogP contribution is -2.17. The molecule has 1 aliphatic carbocycles. The summed E-state index contributed by atoms with van der Waals surface area (Å²) in [5.74, 6) is 1.43. The van der Waals surface area contributed by atoms with Crippen molar-refractivity contribution >= 4 is 11.6 Å². The van der Waals surface area contributed by atoms with Gasteiger partial charge in [-0.2, -0.15) is 5.10 Å². The van der Waals surface area contributed by atoms with Gasteiger partial charge in [-0.05, 0) is 42.9 Å². The van der Waals surface area contributed by atoms with E-state index in [2.05, 4.69) is 37.9 Å². The van der Waals surface area contributed by atoms with Crippen molar-refractivity contribution in [2.45, 2.75) is 52.4 Å². The zero-order valence-corrected chi connectivity index (χ0v) is 13.8. The minimum atomic E-state index is 0.0375. The molecular weight excluding hydrogens is 284 g/mol. The molecule has 0 aliphatic heterocycles. The van der Waals surface area contributed by atoms with Crippen LogP contribution in [0.3, 0.4) is 0 Å². The van der Waals surface area contributed by atoms with Gasteiger partial charge in [-0.3, -0.25) is 0 Å². The lowest BCUT2D eigenvalue weighted by atomic mass is 9.82. The van der Waals surface area contributed by atoms with Crippen molar-refractivity contribution in [3.8, 4) is 5.82 Å². The molecule has 0 spiro atoms. The molecule has 21 heavy (non-hydrogen) atoms. The summed E-state index contributed by atoms with van der Waals surface area (Å²) in [7, 11) is 0. The second-order valence-electron chi connectivity index (χ2n) is 7.00. The molecule has 5 heteroatoms. The molecule has 0 bridgehead atoms. The summed E-state index contributed by atoms with van der Waals surface area (Å²) in [6, 6.07) is 3.65. The average Bonchev–Trinajstić information content (AvgIpc) is 2.78. The first kappa shape index (κ1) is 14.5. The van der Waals surface area contributed by atoms with Crippen LogP contribution in [0.5, 0.6) is 0 Å². The zero-order valence-electron chi connectivity index (χ0n) is 13.0. The molecule has 0 saturated heterocycles. The Morgan fingerprint density at radius 3 is 2.62 bits per heavy atom. The average molecular weight is 305 g/mol. The summed E-state index contributed by atoms with van der Waals surface area (Å²) in [4.78, 5) is 0. The van der Waals surface area contributed by atoms with Crippen molar-refractivity contribution in [3.05, 3.63) is 34.2 Å². The summed E-state index contributed by atoms with van der Waals surface area (Å²) >= 11 is 5.84. The molecule has 0 saturated carbocycles. The van der Waals surface area contributed by atoms with E-state index in [4.69, 9.17) is 16.7 Å². The Morgan fingerprint density at radius 1 is 1.24 bits per heavy atom. The third kappa shape index (κ3) is 2.69. The van der Waals surface area contributed by atoms with Gasteiger partial charge in [0.25, 0.3) is 0 Å². The van der Waals surface area contributed by atoms with Crippen LogP contribution in [0.15, 0.2) is 12.1 Å². The van der Waals surface area contributed by atoms with E-state index in [1.165, 1.54) is 23.4 Å². The Kier molecular flexibility index (Phi) is 3.52. The van der Waals surface area contributed by atoms with Gasteiger partial charge in [-0.15, -0.1) is 10.2 Å². The minimum Gasteiger partial charge on any atom is -0.217 e. The fourth-order valence-electron chi connectivity index (χ4n) is 2.99. The Bertz CT molecular complexity index is 652. The van der Waals surface area contributed by atoms with E-state index in [0.717, 1.165) is 18.7 Å². The highest BCUT2D eigenvalue weighted by Gasteiger charge is 2.30. The van der Waals surface area contributed by atoms with Gasteiger partial charge in [0.1, 0.15) is 0 Å². The van der Waals surface area contributed by atoms with Gasteiger partial charge in [-0.1, -0.05) is 39.3 Å². The van der Waals surface area contributed by atoms with Crippen LogP contribution in [0, 0.1) is 5.92 Å². The molecule has 0 aromatic carbocycles. The van der Waals surface area contributed by atoms with Gasteiger partial charge in [-0.25, -0.2) is 4.68 Å². The molecule has 1 atom stereocenters. The molecule has 0 N–H and O–H groups in total. The maximum atomic E-state index is 5.84. The molecule has 112 valence electrons. The second-order valence-corrected chi connectivity index (χ2v) is 7.39. The number of hydrogen-bond acceptors (Lipinski definition) is 3. The monoisotopic (exact) mass is 304 g/mol. The summed E-state index contributed by atoms with van der Waals surface area (Å²) in [6.07, 6.45) is 3.38. The first-order valence-corrected chi connectivity index (χ1v) is 7.85. The molecule has 0 fully saturated rings. The van der Waals surface area contributed by atoms with E-state index in [1.54, 1.807) is 6.07 Å². The highest BCUT2D eigenvalue weighted by atomic mass is 35.5. The summed E-state index contributed by atoms with van der Waals surface area (Å²) < 4.78 is 1.97. The fourth-order valence-corrected chi connectivity index (χ4v) is 3.10. The molecular formula is C16H21ClN4. The predicted octanol–water partition coefficient (Wildman–Crippen LogP) is 3.74. The first-order chi connectivity index (χ1) is 9.86. The van der Waals surface area contributed by atoms with Crippen LogP contribution in [0.2, 0.25) is 5.15 Å². The minimum absolute atomic E-state index is 0.0375. The van der Waals surface area contributed by atoms with Crippen molar-refractivity contribution in [3.63, 3.8) is 0 Å². The number of fused-ring (bicyclic) bond motifs is 1. The molecule has 0 radical (unpaired) electrons. The third-order valence-electron chi connectivity index (χ3n) is 4.06. The highest BCUT2D eigenvalue weighted by molar-refractivity contribution is 6.29. The maximum Gasteiger partial charge on any atom is 0.176 e. The van der Waals surface area contributed by atoms with Crippen LogP contribution in [-0.4, -0.2) is 20.0 Å². The lowest BCUT2D eigenvalue weighted by molar-refractivity contribution is 0.483. The van der Waals surface area contributed by atoms with Gasteiger partial charge in [0.15, 0.2) is 11.0 Å². The van der Waals surface area contributed by atoms with Crippen molar-refractivity contribution in [2.75, 3.05) is 0 Å². The number of aromatic nitrogens is 4. The standard InChI is InChI=1S/C16H21ClN4/c1-10-5-6-11-12(9-10)21(20-15(11)16(2,3)4)14-8-7-13(17)18-19-14/h7-8,10H,5-6,9H2,1-4H3. The Morgan fingerprint density at radius 2 is 2.00 bits per heavy atom. The molecule has 2 heterocycles. The molecule has 3 rings (SSSR count). The van der Waals surface area contributed by atoms with Crippen molar-refractivity contribution in [2.24, 2.45) is 5.92 Å². The number of nitrogens with zero attached hydrogens (tertiary/aromatic N) is 4. The molecule has 2 aromatic heterocycles. The smallest absolute Gasteiger partial charge is 0.176 e. The van der Waals surface area contributed by atoms with Gasteiger partial charge >= 0.3 is 0 Å². The van der Waals surface area contributed by atoms with Gasteiger partial charge in [0, 0.05) is 11.1 Å². The maximum absolute atomic E-state index is 5.84. The van der Waals surface area contributed by atoms with Gasteiger partial charge < -0.3 is 0 Å². The van der Waals surface area contributed by atoms with E-state index < -0.39 is 0 Å². The van der Waals surface area contributed by atoms with Crippen LogP contribution < -0.4 is 0 Å². The molecule has 4 nitrogen and oxygen atoms in total. The normalized spacial score (nSPS) is 18.6. The molecule has 1 unspecified atom stereocenters. The fraction of sp³-hybridized carbons (Fsp3) is 0.562. The van der Waals surface area contributed by atoms with Gasteiger partial charge in [0.05, 0.1) is 5.69 Å². The number of halogens is 1. The van der Waals surface area contributed by atoms with Crippen LogP contribution in [0.4, 0.5) is 0 Å². The Labute approximate surface area is 130 Å². The Balaban J connectivity index is 2.16. The van der Waals surface area contributed by atoms with Crippen LogP contribution in [0.1, 0.15) is 51.1 Å². The SMILES string of the molecule is CC1CCc2c(C(C)(C)C)nn(-c3ccc(Cl)nn3)c2C1. The Hall–Kier alpha value is -1.42. The largest absolute Gasteiger partial charge is 0.217 e. The molecule has 0 amide bonds. The lowest BCUT2D eigenvalue weighted by Gasteiger charge is -2.22. The van der Waals surface area contributed by atoms with E-state index >= 15 is 0 Å². The van der Waals surface area contributed by atoms with Crippen molar-refractivity contribution < 1.29 is 0 Å². The molecule has 1 aliphatic rings. The first-order valence-electron chi connectivity index (χ1n) is 7.47. The second kappa shape index (κ2) is 5.09. The number of hydrogen-bond donors (Lipinski definition) is 0. The van der Waals surface area contributed by atoms with Crippen LogP contribution in [-0.2, 0) is 18.3 Å². The predicted molar refractivity (Wildman–Crippen MR) is 84.1 cm³/mol. The number of rotatable bonds is 1. The summed E-state index contributed by atoms with van der Waals surface area (Å²) in [5, 5.41) is 13.4. The quantitative estimate of drug-likeness (QED) is 0.806. The summed E-state index contributed by atoms with van der Waals surface area (Å²) in [5.41, 5.74) is 3.91. The van der Waals surface area contributed by atoms with E-state index in [0.29, 0.717) is 11.1 Å². The topological polar surface area (TPSA) is 43.6 Å². The molecule has 2 aromatic rings. The third-order valence-corrected chi connectivity index (χ3v) is 4.27. The van der Waals surface area contributed by atoms with Crippen LogP contribution >= 0.6 is 11.6 Å². The van der Waals surface area contributed by atoms with Crippen molar-refractivity contribution in [1.82, 2.24) is 20.0 Å². The van der Waals surface area contributed by atoms with Crippen molar-refractivity contribution in [1.29, 1.82) is 0 Å². The van der Waals surface area contributed by atoms with E-state index in [-0.39, 0.29) is 5.41 Å².